The Labute approximate surface area is 319 Å². The second-order valence-corrected chi connectivity index (χ2v) is 15.6. The molecule has 0 amide bonds. The van der Waals surface area contributed by atoms with Crippen molar-refractivity contribution in [3.63, 3.8) is 0 Å². The van der Waals surface area contributed by atoms with Gasteiger partial charge in [0.2, 0.25) is 0 Å². The van der Waals surface area contributed by atoms with Crippen LogP contribution in [-0.2, 0) is 0 Å². The molecule has 252 valence electrons. The molecule has 0 fully saturated rings. The van der Waals surface area contributed by atoms with Crippen molar-refractivity contribution in [2.24, 2.45) is 0 Å². The molecule has 0 saturated carbocycles. The second-order valence-electron chi connectivity index (χ2n) is 13.5. The zero-order valence-corrected chi connectivity index (χ0v) is 30.5. The Hall–Kier alpha value is -6.53. The number of hydrogen-bond acceptors (Lipinski definition) is 5. The van der Waals surface area contributed by atoms with Gasteiger partial charge >= 0.3 is 0 Å². The Morgan fingerprint density at radius 2 is 0.907 bits per heavy atom. The molecule has 4 aromatic heterocycles. The van der Waals surface area contributed by atoms with Crippen molar-refractivity contribution in [2.45, 2.75) is 0 Å². The minimum absolute atomic E-state index is 0.689. The fourth-order valence-electron chi connectivity index (χ4n) is 7.67. The third-order valence-electron chi connectivity index (χ3n) is 10.3. The van der Waals surface area contributed by atoms with E-state index >= 15 is 0 Å². The van der Waals surface area contributed by atoms with E-state index in [0.717, 1.165) is 44.9 Å². The van der Waals surface area contributed by atoms with Crippen molar-refractivity contribution >= 4 is 73.9 Å². The average Bonchev–Trinajstić information content (AvgIpc) is 3.83. The van der Waals surface area contributed by atoms with Crippen LogP contribution in [-0.4, -0.2) is 15.0 Å². The van der Waals surface area contributed by atoms with Gasteiger partial charge in [0.05, 0.1) is 22.6 Å². The molecule has 7 aromatic carbocycles. The van der Waals surface area contributed by atoms with Gasteiger partial charge in [-0.25, -0.2) is 15.0 Å². The van der Waals surface area contributed by atoms with Gasteiger partial charge in [-0.05, 0) is 35.4 Å². The monoisotopic (exact) mass is 723 g/mol. The molecule has 0 saturated heterocycles. The van der Waals surface area contributed by atoms with Crippen LogP contribution in [0.25, 0.3) is 108 Å². The summed E-state index contributed by atoms with van der Waals surface area (Å²) in [5, 5.41) is 6.26. The second kappa shape index (κ2) is 12.6. The number of nitrogens with zero attached hydrogens (tertiary/aromatic N) is 3. The number of rotatable bonds is 5. The lowest BCUT2D eigenvalue weighted by Gasteiger charge is -2.11. The fourth-order valence-corrected chi connectivity index (χ4v) is 10.1. The lowest BCUT2D eigenvalue weighted by atomic mass is 10.00. The molecule has 11 aromatic rings. The van der Waals surface area contributed by atoms with Crippen LogP contribution in [0.1, 0.15) is 0 Å². The van der Waals surface area contributed by atoms with E-state index in [-0.39, 0.29) is 0 Å². The van der Waals surface area contributed by atoms with E-state index in [1.54, 1.807) is 0 Å². The maximum atomic E-state index is 5.24. The molecular formula is C49H29N3S2. The van der Waals surface area contributed by atoms with Gasteiger partial charge in [-0.2, -0.15) is 0 Å². The Kier molecular flexibility index (Phi) is 7.22. The average molecular weight is 724 g/mol. The normalized spacial score (nSPS) is 11.7. The van der Waals surface area contributed by atoms with Gasteiger partial charge in [0, 0.05) is 68.0 Å². The highest BCUT2D eigenvalue weighted by Gasteiger charge is 2.17. The first-order valence-corrected chi connectivity index (χ1v) is 19.6. The van der Waals surface area contributed by atoms with Crippen molar-refractivity contribution in [3.05, 3.63) is 176 Å². The lowest BCUT2D eigenvalue weighted by molar-refractivity contribution is 1.18. The SMILES string of the molecule is c1ccc(-c2cc(-c3ccc(-c4cccc5c4sc4ccccc45)cc3)nc(-c3ccc(-c4nc5ccccc5c5sc6ccccc6c45)cc3)n2)cc1. The van der Waals surface area contributed by atoms with Gasteiger partial charge in [0.1, 0.15) is 0 Å². The Bertz CT molecular complexity index is 3200. The summed E-state index contributed by atoms with van der Waals surface area (Å²) in [6.45, 7) is 0. The van der Waals surface area contributed by atoms with Crippen LogP contribution in [0.15, 0.2) is 176 Å². The van der Waals surface area contributed by atoms with Crippen molar-refractivity contribution in [3.8, 4) is 56.3 Å². The minimum atomic E-state index is 0.689. The third-order valence-corrected chi connectivity index (χ3v) is 12.7. The highest BCUT2D eigenvalue weighted by atomic mass is 32.1. The van der Waals surface area contributed by atoms with Crippen LogP contribution in [0.3, 0.4) is 0 Å². The number of benzene rings is 7. The Morgan fingerprint density at radius 1 is 0.352 bits per heavy atom. The van der Waals surface area contributed by atoms with Crippen LogP contribution in [0.2, 0.25) is 0 Å². The van der Waals surface area contributed by atoms with Crippen LogP contribution < -0.4 is 0 Å². The first kappa shape index (κ1) is 31.0. The smallest absolute Gasteiger partial charge is 0.160 e. The quantitative estimate of drug-likeness (QED) is 0.177. The topological polar surface area (TPSA) is 38.7 Å². The Balaban J connectivity index is 1.01. The first-order valence-electron chi connectivity index (χ1n) is 18.0. The molecule has 0 aliphatic rings. The van der Waals surface area contributed by atoms with Crippen LogP contribution >= 0.6 is 22.7 Å². The van der Waals surface area contributed by atoms with E-state index in [2.05, 4.69) is 170 Å². The third kappa shape index (κ3) is 5.12. The number of para-hydroxylation sites is 1. The minimum Gasteiger partial charge on any atom is -0.247 e. The lowest BCUT2D eigenvalue weighted by Crippen LogP contribution is -1.96. The van der Waals surface area contributed by atoms with Crippen molar-refractivity contribution in [2.75, 3.05) is 0 Å². The molecule has 4 heterocycles. The summed E-state index contributed by atoms with van der Waals surface area (Å²) in [6.07, 6.45) is 0. The number of hydrogen-bond donors (Lipinski definition) is 0. The summed E-state index contributed by atoms with van der Waals surface area (Å²) in [7, 11) is 0. The Morgan fingerprint density at radius 3 is 1.69 bits per heavy atom. The zero-order valence-electron chi connectivity index (χ0n) is 28.9. The molecule has 0 aliphatic carbocycles. The molecule has 54 heavy (non-hydrogen) atoms. The van der Waals surface area contributed by atoms with E-state index in [4.69, 9.17) is 15.0 Å². The van der Waals surface area contributed by atoms with Gasteiger partial charge < -0.3 is 0 Å². The summed E-state index contributed by atoms with van der Waals surface area (Å²) >= 11 is 3.70. The van der Waals surface area contributed by atoms with Crippen LogP contribution in [0.5, 0.6) is 0 Å². The molecule has 0 radical (unpaired) electrons. The maximum absolute atomic E-state index is 5.24. The molecule has 0 bridgehead atoms. The molecule has 0 spiro atoms. The van der Waals surface area contributed by atoms with Crippen molar-refractivity contribution in [1.82, 2.24) is 15.0 Å². The number of thiophene rings is 2. The summed E-state index contributed by atoms with van der Waals surface area (Å²) in [6, 6.07) is 62.3. The molecule has 5 heteroatoms. The molecule has 0 N–H and O–H groups in total. The van der Waals surface area contributed by atoms with Crippen LogP contribution in [0, 0.1) is 0 Å². The number of pyridine rings is 1. The standard InChI is InChI=1S/C49H29N3S2/c1-2-11-31(12-3-1)41-29-42(32-23-21-30(22-24-32)35-16-10-17-37-36-13-5-8-19-43(36)53-47(35)37)52-49(51-41)34-27-25-33(26-28-34)46-45-39-15-6-9-20-44(39)54-48(45)38-14-4-7-18-40(38)50-46/h1-29H. The van der Waals surface area contributed by atoms with E-state index in [9.17, 15) is 0 Å². The predicted octanol–water partition coefficient (Wildman–Crippen LogP) is 14.1. The number of aromatic nitrogens is 3. The zero-order chi connectivity index (χ0) is 35.6. The van der Waals surface area contributed by atoms with Gasteiger partial charge in [-0.1, -0.05) is 152 Å². The highest BCUT2D eigenvalue weighted by Crippen LogP contribution is 2.43. The molecule has 0 atom stereocenters. The summed E-state index contributed by atoms with van der Waals surface area (Å²) in [5.41, 5.74) is 10.4. The number of fused-ring (bicyclic) bond motifs is 8. The summed E-state index contributed by atoms with van der Waals surface area (Å²) in [4.78, 5) is 15.5. The van der Waals surface area contributed by atoms with E-state index in [1.165, 1.54) is 56.9 Å². The highest BCUT2D eigenvalue weighted by molar-refractivity contribution is 7.27. The molecule has 0 unspecified atom stereocenters. The van der Waals surface area contributed by atoms with Gasteiger partial charge in [0.25, 0.3) is 0 Å². The molecule has 0 aliphatic heterocycles. The molecule has 3 nitrogen and oxygen atoms in total. The van der Waals surface area contributed by atoms with Gasteiger partial charge in [0.15, 0.2) is 5.82 Å². The molecular weight excluding hydrogens is 695 g/mol. The van der Waals surface area contributed by atoms with Gasteiger partial charge in [-0.15, -0.1) is 22.7 Å². The fraction of sp³-hybridized carbons (Fsp3) is 0. The predicted molar refractivity (Wildman–Crippen MR) is 230 cm³/mol. The summed E-state index contributed by atoms with van der Waals surface area (Å²) in [5.74, 6) is 0.689. The molecule has 11 rings (SSSR count). The van der Waals surface area contributed by atoms with Crippen molar-refractivity contribution in [1.29, 1.82) is 0 Å². The summed E-state index contributed by atoms with van der Waals surface area (Å²) < 4.78 is 5.18. The van der Waals surface area contributed by atoms with E-state index < -0.39 is 0 Å². The largest absolute Gasteiger partial charge is 0.247 e. The van der Waals surface area contributed by atoms with Gasteiger partial charge in [-0.3, -0.25) is 0 Å². The van der Waals surface area contributed by atoms with Crippen LogP contribution in [0.4, 0.5) is 0 Å². The van der Waals surface area contributed by atoms with Crippen molar-refractivity contribution < 1.29 is 0 Å². The maximum Gasteiger partial charge on any atom is 0.160 e. The van der Waals surface area contributed by atoms with E-state index in [1.807, 2.05) is 28.7 Å². The van der Waals surface area contributed by atoms with E-state index in [0.29, 0.717) is 5.82 Å². The first-order chi connectivity index (χ1) is 26.7.